The molecule has 1 heterocycles. The van der Waals surface area contributed by atoms with Crippen LogP contribution in [0.25, 0.3) is 0 Å². The lowest BCUT2D eigenvalue weighted by Crippen LogP contribution is -2.14. The minimum Gasteiger partial charge on any atom is -0.439 e. The molecular weight excluding hydrogens is 232 g/mol. The Labute approximate surface area is 104 Å². The molecule has 0 atom stereocenters. The van der Waals surface area contributed by atoms with Gasteiger partial charge in [-0.05, 0) is 19.1 Å². The Morgan fingerprint density at radius 3 is 2.78 bits per heavy atom. The number of benzene rings is 1. The predicted molar refractivity (Wildman–Crippen MR) is 67.0 cm³/mol. The molecule has 18 heavy (non-hydrogen) atoms. The summed E-state index contributed by atoms with van der Waals surface area (Å²) >= 11 is 0. The van der Waals surface area contributed by atoms with Gasteiger partial charge in [-0.15, -0.1) is 0 Å². The van der Waals surface area contributed by atoms with Crippen molar-refractivity contribution in [1.29, 1.82) is 0 Å². The van der Waals surface area contributed by atoms with Crippen LogP contribution < -0.4 is 10.5 Å². The zero-order valence-electron chi connectivity index (χ0n) is 10.2. The average Bonchev–Trinajstić information content (AvgIpc) is 2.67. The van der Waals surface area contributed by atoms with E-state index < -0.39 is 0 Å². The summed E-state index contributed by atoms with van der Waals surface area (Å²) in [5, 5.41) is 15.9. The zero-order chi connectivity index (χ0) is 13.1. The van der Waals surface area contributed by atoms with Crippen molar-refractivity contribution in [3.05, 3.63) is 41.6 Å². The monoisotopic (exact) mass is 246 g/mol. The van der Waals surface area contributed by atoms with Crippen molar-refractivity contribution < 1.29 is 9.94 Å². The molecule has 0 aliphatic rings. The van der Waals surface area contributed by atoms with E-state index in [0.29, 0.717) is 17.2 Å². The number of aromatic nitrogens is 2. The number of rotatable bonds is 3. The van der Waals surface area contributed by atoms with Crippen LogP contribution in [0.5, 0.6) is 11.6 Å². The number of para-hydroxylation sites is 1. The van der Waals surface area contributed by atoms with Crippen LogP contribution >= 0.6 is 0 Å². The highest BCUT2D eigenvalue weighted by Crippen LogP contribution is 2.25. The molecule has 94 valence electrons. The van der Waals surface area contributed by atoms with Gasteiger partial charge in [-0.3, -0.25) is 0 Å². The van der Waals surface area contributed by atoms with Crippen molar-refractivity contribution in [2.75, 3.05) is 0 Å². The lowest BCUT2D eigenvalue weighted by molar-refractivity contribution is 0.318. The quantitative estimate of drug-likeness (QED) is 0.373. The van der Waals surface area contributed by atoms with Crippen LogP contribution in [0.4, 0.5) is 0 Å². The fourth-order valence-electron chi connectivity index (χ4n) is 1.62. The molecule has 0 spiro atoms. The Kier molecular flexibility index (Phi) is 3.18. The fourth-order valence-corrected chi connectivity index (χ4v) is 1.62. The summed E-state index contributed by atoms with van der Waals surface area (Å²) in [5.74, 6) is 1.10. The maximum atomic E-state index is 8.73. The van der Waals surface area contributed by atoms with Crippen molar-refractivity contribution in [2.24, 2.45) is 17.9 Å². The van der Waals surface area contributed by atoms with Crippen LogP contribution in [0.3, 0.4) is 0 Å². The van der Waals surface area contributed by atoms with Gasteiger partial charge < -0.3 is 15.7 Å². The van der Waals surface area contributed by atoms with E-state index in [4.69, 9.17) is 15.7 Å². The van der Waals surface area contributed by atoms with Gasteiger partial charge in [-0.25, -0.2) is 4.68 Å². The average molecular weight is 246 g/mol. The van der Waals surface area contributed by atoms with Gasteiger partial charge in [-0.2, -0.15) is 5.10 Å². The van der Waals surface area contributed by atoms with E-state index in [0.717, 1.165) is 5.69 Å². The molecule has 0 saturated carbocycles. The van der Waals surface area contributed by atoms with Gasteiger partial charge in [0.15, 0.2) is 5.84 Å². The van der Waals surface area contributed by atoms with Crippen LogP contribution in [0.2, 0.25) is 0 Å². The Morgan fingerprint density at radius 1 is 1.44 bits per heavy atom. The van der Waals surface area contributed by atoms with Gasteiger partial charge in [0.05, 0.1) is 11.3 Å². The fraction of sp³-hybridized carbons (Fsp3) is 0.167. The molecule has 0 amide bonds. The standard InChI is InChI=1S/C12H14N4O2/c1-8-7-11(16(2)14-8)18-10-6-4-3-5-9(10)12(13)15-17/h3-7,17H,1-2H3,(H2,13,15). The van der Waals surface area contributed by atoms with Crippen molar-refractivity contribution >= 4 is 5.84 Å². The summed E-state index contributed by atoms with van der Waals surface area (Å²) in [7, 11) is 1.79. The van der Waals surface area contributed by atoms with Crippen molar-refractivity contribution in [1.82, 2.24) is 9.78 Å². The summed E-state index contributed by atoms with van der Waals surface area (Å²) in [6, 6.07) is 8.87. The number of amidine groups is 1. The SMILES string of the molecule is Cc1cc(Oc2ccccc2/C(N)=N/O)n(C)n1. The topological polar surface area (TPSA) is 85.7 Å². The van der Waals surface area contributed by atoms with Gasteiger partial charge >= 0.3 is 0 Å². The molecule has 2 aromatic rings. The Balaban J connectivity index is 2.38. The van der Waals surface area contributed by atoms with Crippen LogP contribution in [0.15, 0.2) is 35.5 Å². The molecule has 0 radical (unpaired) electrons. The molecule has 2 rings (SSSR count). The maximum Gasteiger partial charge on any atom is 0.217 e. The normalized spacial score (nSPS) is 11.6. The molecule has 0 aliphatic carbocycles. The Hall–Kier alpha value is -2.50. The van der Waals surface area contributed by atoms with Crippen LogP contribution in [-0.2, 0) is 7.05 Å². The second-order valence-corrected chi connectivity index (χ2v) is 3.83. The van der Waals surface area contributed by atoms with Gasteiger partial charge in [0.2, 0.25) is 5.88 Å². The number of ether oxygens (including phenoxy) is 1. The van der Waals surface area contributed by atoms with Crippen molar-refractivity contribution in [3.8, 4) is 11.6 Å². The van der Waals surface area contributed by atoms with Gasteiger partial charge in [0, 0.05) is 13.1 Å². The molecule has 6 nitrogen and oxygen atoms in total. The lowest BCUT2D eigenvalue weighted by Gasteiger charge is -2.09. The first-order valence-electron chi connectivity index (χ1n) is 5.37. The minimum absolute atomic E-state index is 0.00416. The number of nitrogens with zero attached hydrogens (tertiary/aromatic N) is 3. The maximum absolute atomic E-state index is 8.73. The highest BCUT2D eigenvalue weighted by atomic mass is 16.5. The van der Waals surface area contributed by atoms with Crippen molar-refractivity contribution in [2.45, 2.75) is 6.92 Å². The van der Waals surface area contributed by atoms with Crippen LogP contribution in [-0.4, -0.2) is 20.8 Å². The largest absolute Gasteiger partial charge is 0.439 e. The molecule has 1 aromatic heterocycles. The Morgan fingerprint density at radius 2 is 2.17 bits per heavy atom. The number of hydrogen-bond donors (Lipinski definition) is 2. The predicted octanol–water partition coefficient (Wildman–Crippen LogP) is 1.62. The van der Waals surface area contributed by atoms with Crippen LogP contribution in [0.1, 0.15) is 11.3 Å². The third kappa shape index (κ3) is 2.27. The van der Waals surface area contributed by atoms with E-state index >= 15 is 0 Å². The first kappa shape index (κ1) is 12.0. The van der Waals surface area contributed by atoms with E-state index in [1.165, 1.54) is 0 Å². The third-order valence-corrected chi connectivity index (χ3v) is 2.44. The first-order valence-corrected chi connectivity index (χ1v) is 5.37. The minimum atomic E-state index is 0.00416. The van der Waals surface area contributed by atoms with Crippen LogP contribution in [0, 0.1) is 6.92 Å². The van der Waals surface area contributed by atoms with E-state index in [9.17, 15) is 0 Å². The molecule has 0 aliphatic heterocycles. The number of aryl methyl sites for hydroxylation is 2. The number of oxime groups is 1. The Bertz CT molecular complexity index is 590. The summed E-state index contributed by atoms with van der Waals surface area (Å²) in [5.41, 5.74) is 6.97. The highest BCUT2D eigenvalue weighted by molar-refractivity contribution is 5.99. The molecule has 0 fully saturated rings. The molecular formula is C12H14N4O2. The van der Waals surface area contributed by atoms with Crippen molar-refractivity contribution in [3.63, 3.8) is 0 Å². The molecule has 0 saturated heterocycles. The van der Waals surface area contributed by atoms with E-state index in [-0.39, 0.29) is 5.84 Å². The zero-order valence-corrected chi connectivity index (χ0v) is 10.2. The summed E-state index contributed by atoms with van der Waals surface area (Å²) in [4.78, 5) is 0. The van der Waals surface area contributed by atoms with Gasteiger partial charge in [0.25, 0.3) is 0 Å². The lowest BCUT2D eigenvalue weighted by atomic mass is 10.2. The molecule has 6 heteroatoms. The first-order chi connectivity index (χ1) is 8.61. The smallest absolute Gasteiger partial charge is 0.217 e. The third-order valence-electron chi connectivity index (χ3n) is 2.44. The molecule has 3 N–H and O–H groups in total. The second-order valence-electron chi connectivity index (χ2n) is 3.83. The number of hydrogen-bond acceptors (Lipinski definition) is 4. The van der Waals surface area contributed by atoms with E-state index in [2.05, 4.69) is 10.3 Å². The highest BCUT2D eigenvalue weighted by Gasteiger charge is 2.11. The van der Waals surface area contributed by atoms with Gasteiger partial charge in [-0.1, -0.05) is 17.3 Å². The number of nitrogens with two attached hydrogens (primary N) is 1. The molecule has 1 aromatic carbocycles. The summed E-state index contributed by atoms with van der Waals surface area (Å²) in [6.07, 6.45) is 0. The summed E-state index contributed by atoms with van der Waals surface area (Å²) < 4.78 is 7.34. The molecule has 0 unspecified atom stereocenters. The molecule has 0 bridgehead atoms. The van der Waals surface area contributed by atoms with E-state index in [1.54, 1.807) is 29.9 Å². The van der Waals surface area contributed by atoms with Gasteiger partial charge in [0.1, 0.15) is 5.75 Å². The van der Waals surface area contributed by atoms with E-state index in [1.807, 2.05) is 19.1 Å². The second kappa shape index (κ2) is 4.79. The summed E-state index contributed by atoms with van der Waals surface area (Å²) in [6.45, 7) is 1.88.